The molecule has 0 bridgehead atoms. The predicted molar refractivity (Wildman–Crippen MR) is 123 cm³/mol. The third-order valence-corrected chi connectivity index (χ3v) is 9.46. The van der Waals surface area contributed by atoms with E-state index in [1.54, 1.807) is 0 Å². The molecule has 4 aliphatic carbocycles. The molecule has 5 atom stereocenters. The maximum atomic E-state index is 12.4. The van der Waals surface area contributed by atoms with E-state index < -0.39 is 5.60 Å². The molecule has 1 aromatic rings. The van der Waals surface area contributed by atoms with Crippen molar-refractivity contribution in [3.63, 3.8) is 0 Å². The maximum Gasteiger partial charge on any atom is 0.231 e. The van der Waals surface area contributed by atoms with Gasteiger partial charge in [0.15, 0.2) is 17.3 Å². The Bertz CT molecular complexity index is 1090. The summed E-state index contributed by atoms with van der Waals surface area (Å²) in [6.07, 6.45) is 7.99. The maximum absolute atomic E-state index is 12.4. The molecule has 168 valence electrons. The second-order valence-electron chi connectivity index (χ2n) is 10.8. The van der Waals surface area contributed by atoms with Gasteiger partial charge in [-0.1, -0.05) is 30.7 Å². The average Bonchev–Trinajstić information content (AvgIpc) is 3.35. The van der Waals surface area contributed by atoms with Crippen molar-refractivity contribution in [2.45, 2.75) is 70.3 Å². The molecule has 32 heavy (non-hydrogen) atoms. The zero-order chi connectivity index (χ0) is 22.3. The third kappa shape index (κ3) is 2.62. The lowest BCUT2D eigenvalue weighted by atomic mass is 9.53. The van der Waals surface area contributed by atoms with E-state index in [-0.39, 0.29) is 29.8 Å². The average molecular weight is 433 g/mol. The molecule has 4 nitrogen and oxygen atoms in total. The minimum absolute atomic E-state index is 0.111. The highest BCUT2D eigenvalue weighted by Gasteiger charge is 2.63. The van der Waals surface area contributed by atoms with Gasteiger partial charge in [0, 0.05) is 17.8 Å². The monoisotopic (exact) mass is 432 g/mol. The summed E-state index contributed by atoms with van der Waals surface area (Å²) in [5.74, 6) is 2.54. The highest BCUT2D eigenvalue weighted by atomic mass is 16.7. The number of fused-ring (bicyclic) bond motifs is 5. The summed E-state index contributed by atoms with van der Waals surface area (Å²) in [6.45, 7) is 8.87. The number of benzene rings is 1. The molecule has 0 amide bonds. The molecule has 1 aromatic carbocycles. The normalized spacial score (nSPS) is 37.5. The molecule has 4 heteroatoms. The Kier molecular flexibility index (Phi) is 4.33. The van der Waals surface area contributed by atoms with Crippen molar-refractivity contribution >= 4 is 5.78 Å². The van der Waals surface area contributed by atoms with Gasteiger partial charge in [-0.05, 0) is 92.2 Å². The van der Waals surface area contributed by atoms with Gasteiger partial charge in [0.1, 0.15) is 0 Å². The van der Waals surface area contributed by atoms with Gasteiger partial charge in [0.2, 0.25) is 6.79 Å². The summed E-state index contributed by atoms with van der Waals surface area (Å²) in [7, 11) is 0. The Hall–Kier alpha value is -2.33. The number of hydrogen-bond donors (Lipinski definition) is 1. The number of carbonyl (C=O) groups excluding carboxylic acids is 1. The summed E-state index contributed by atoms with van der Waals surface area (Å²) in [4.78, 5) is 12.2. The molecular formula is C28H32O4. The van der Waals surface area contributed by atoms with Crippen molar-refractivity contribution in [2.24, 2.45) is 17.3 Å². The summed E-state index contributed by atoms with van der Waals surface area (Å²) in [5.41, 5.74) is 5.33. The topological polar surface area (TPSA) is 55.8 Å². The van der Waals surface area contributed by atoms with E-state index >= 15 is 0 Å². The number of hydrogen-bond acceptors (Lipinski definition) is 4. The molecule has 6 rings (SSSR count). The number of aliphatic hydroxyl groups is 1. The van der Waals surface area contributed by atoms with E-state index in [4.69, 9.17) is 9.47 Å². The Morgan fingerprint density at radius 3 is 2.78 bits per heavy atom. The van der Waals surface area contributed by atoms with Crippen LogP contribution in [0.15, 0.2) is 53.1 Å². The predicted octanol–water partition coefficient (Wildman–Crippen LogP) is 5.62. The quantitative estimate of drug-likeness (QED) is 0.616. The molecule has 1 heterocycles. The molecule has 2 saturated carbocycles. The Labute approximate surface area is 190 Å². The van der Waals surface area contributed by atoms with Gasteiger partial charge in [-0.2, -0.15) is 0 Å². The van der Waals surface area contributed by atoms with Crippen molar-refractivity contribution < 1.29 is 19.4 Å². The van der Waals surface area contributed by atoms with Crippen molar-refractivity contribution in [1.29, 1.82) is 0 Å². The van der Waals surface area contributed by atoms with Crippen LogP contribution in [-0.2, 0) is 4.79 Å². The van der Waals surface area contributed by atoms with Crippen LogP contribution in [0.25, 0.3) is 0 Å². The van der Waals surface area contributed by atoms with Crippen LogP contribution in [-0.4, -0.2) is 23.3 Å². The van der Waals surface area contributed by atoms with Crippen LogP contribution in [0.1, 0.15) is 70.3 Å². The molecule has 3 unspecified atom stereocenters. The van der Waals surface area contributed by atoms with E-state index in [1.807, 2.05) is 12.1 Å². The van der Waals surface area contributed by atoms with Crippen LogP contribution in [0.3, 0.4) is 0 Å². The zero-order valence-electron chi connectivity index (χ0n) is 19.1. The van der Waals surface area contributed by atoms with Gasteiger partial charge < -0.3 is 14.6 Å². The molecule has 2 fully saturated rings. The summed E-state index contributed by atoms with van der Waals surface area (Å²) in [6, 6.07) is 6.26. The fourth-order valence-electron chi connectivity index (χ4n) is 7.54. The minimum Gasteiger partial charge on any atom is -0.454 e. The summed E-state index contributed by atoms with van der Waals surface area (Å²) < 4.78 is 11.3. The van der Waals surface area contributed by atoms with Gasteiger partial charge in [0.05, 0.1) is 5.60 Å². The number of ether oxygens (including phenoxy) is 2. The molecule has 0 radical (unpaired) electrons. The van der Waals surface area contributed by atoms with E-state index in [2.05, 4.69) is 32.6 Å². The number of rotatable bonds is 2. The van der Waals surface area contributed by atoms with E-state index in [0.717, 1.165) is 49.2 Å². The van der Waals surface area contributed by atoms with Crippen molar-refractivity contribution in [2.75, 3.05) is 6.79 Å². The third-order valence-electron chi connectivity index (χ3n) is 9.46. The first-order valence-corrected chi connectivity index (χ1v) is 12.1. The van der Waals surface area contributed by atoms with E-state index in [0.29, 0.717) is 18.8 Å². The number of allylic oxidation sites excluding steroid dienone is 4. The molecule has 5 aliphatic rings. The molecule has 1 aliphatic heterocycles. The lowest BCUT2D eigenvalue weighted by Gasteiger charge is -2.54. The molecule has 1 N–H and O–H groups in total. The van der Waals surface area contributed by atoms with Crippen LogP contribution < -0.4 is 9.47 Å². The molecular weight excluding hydrogens is 400 g/mol. The minimum atomic E-state index is -0.777. The smallest absolute Gasteiger partial charge is 0.231 e. The Morgan fingerprint density at radius 2 is 1.97 bits per heavy atom. The van der Waals surface area contributed by atoms with Crippen molar-refractivity contribution in [3.05, 3.63) is 58.7 Å². The number of carbonyl (C=O) groups is 1. The van der Waals surface area contributed by atoms with Crippen LogP contribution in [0, 0.1) is 17.3 Å². The van der Waals surface area contributed by atoms with Crippen LogP contribution in [0.4, 0.5) is 0 Å². The lowest BCUT2D eigenvalue weighted by molar-refractivity contribution is -0.115. The molecule has 0 aromatic heterocycles. The van der Waals surface area contributed by atoms with Crippen LogP contribution in [0.5, 0.6) is 11.5 Å². The standard InChI is InChI=1S/C28H32O4/c1-16(2)27(3)11-10-23-21-7-4-17-12-19(29)6-8-20(17)26(21)22(14-28(23,27)30)18-5-9-24-25(13-18)32-15-31-24/h5,9,12-13,21-23,30H,1,4,6-8,10-11,14-15H2,2-3H3/t21?,22?,23?,27-,28+/m0/s1. The van der Waals surface area contributed by atoms with Crippen molar-refractivity contribution in [1.82, 2.24) is 0 Å². The van der Waals surface area contributed by atoms with Gasteiger partial charge in [-0.15, -0.1) is 0 Å². The largest absolute Gasteiger partial charge is 0.454 e. The first kappa shape index (κ1) is 20.3. The first-order valence-electron chi connectivity index (χ1n) is 12.1. The van der Waals surface area contributed by atoms with Crippen LogP contribution >= 0.6 is 0 Å². The zero-order valence-corrected chi connectivity index (χ0v) is 19.1. The second kappa shape index (κ2) is 6.84. The molecule has 0 spiro atoms. The van der Waals surface area contributed by atoms with E-state index in [1.165, 1.54) is 22.3 Å². The van der Waals surface area contributed by atoms with Gasteiger partial charge in [-0.25, -0.2) is 0 Å². The fraction of sp³-hybridized carbons (Fsp3) is 0.536. The molecule has 0 saturated heterocycles. The Morgan fingerprint density at radius 1 is 1.16 bits per heavy atom. The van der Waals surface area contributed by atoms with E-state index in [9.17, 15) is 9.90 Å². The van der Waals surface area contributed by atoms with Crippen LogP contribution in [0.2, 0.25) is 0 Å². The second-order valence-corrected chi connectivity index (χ2v) is 10.8. The Balaban J connectivity index is 1.54. The highest BCUT2D eigenvalue weighted by molar-refractivity contribution is 5.93. The summed E-state index contributed by atoms with van der Waals surface area (Å²) in [5, 5.41) is 12.4. The number of ketones is 1. The van der Waals surface area contributed by atoms with Gasteiger partial charge in [-0.3, -0.25) is 4.79 Å². The summed E-state index contributed by atoms with van der Waals surface area (Å²) >= 11 is 0. The van der Waals surface area contributed by atoms with Gasteiger partial charge in [0.25, 0.3) is 0 Å². The van der Waals surface area contributed by atoms with Gasteiger partial charge >= 0.3 is 0 Å². The lowest BCUT2D eigenvalue weighted by Crippen LogP contribution is -2.54. The van der Waals surface area contributed by atoms with Crippen molar-refractivity contribution in [3.8, 4) is 11.5 Å². The first-order chi connectivity index (χ1) is 15.3. The highest BCUT2D eigenvalue weighted by Crippen LogP contribution is 2.66. The SMILES string of the molecule is C=C(C)[C@]1(C)CCC2C3CCC4=CC(=O)CCC4=C3C(c3ccc4c(c3)OCO4)C[C@@]21O. The fourth-order valence-corrected chi connectivity index (χ4v) is 7.54.